The van der Waals surface area contributed by atoms with Crippen LogP contribution in [0.5, 0.6) is 0 Å². The highest BCUT2D eigenvalue weighted by molar-refractivity contribution is 7.89. The first-order valence-electron chi connectivity index (χ1n) is 8.53. The monoisotopic (exact) mass is 387 g/mol. The van der Waals surface area contributed by atoms with Crippen molar-refractivity contribution in [2.45, 2.75) is 17.7 Å². The number of hydrogen-bond donors (Lipinski definition) is 1. The highest BCUT2D eigenvalue weighted by Gasteiger charge is 2.22. The van der Waals surface area contributed by atoms with Crippen molar-refractivity contribution >= 4 is 33.2 Å². The van der Waals surface area contributed by atoms with Crippen molar-refractivity contribution in [2.75, 3.05) is 30.9 Å². The van der Waals surface area contributed by atoms with Crippen molar-refractivity contribution in [1.29, 1.82) is 0 Å². The first kappa shape index (κ1) is 19.1. The topological polar surface area (TPSA) is 86.8 Å². The first-order chi connectivity index (χ1) is 12.8. The summed E-state index contributed by atoms with van der Waals surface area (Å²) in [6.45, 7) is 0.706. The Kier molecular flexibility index (Phi) is 5.29. The van der Waals surface area contributed by atoms with Crippen molar-refractivity contribution in [2.24, 2.45) is 0 Å². The predicted molar refractivity (Wildman–Crippen MR) is 103 cm³/mol. The zero-order chi connectivity index (χ0) is 19.6. The van der Waals surface area contributed by atoms with Crippen molar-refractivity contribution in [3.05, 3.63) is 54.1 Å². The average molecular weight is 387 g/mol. The van der Waals surface area contributed by atoms with Gasteiger partial charge in [-0.25, -0.2) is 12.7 Å². The molecule has 0 unspecified atom stereocenters. The Hall–Kier alpha value is -2.71. The molecule has 27 heavy (non-hydrogen) atoms. The second-order valence-corrected chi connectivity index (χ2v) is 8.62. The SMILES string of the molecule is CN(C)S(=O)(=O)c1cccc(C(=O)Nc2ccc(N3CCCC3=O)cc2)c1. The van der Waals surface area contributed by atoms with Gasteiger partial charge in [-0.05, 0) is 48.9 Å². The van der Waals surface area contributed by atoms with Crippen LogP contribution in [0.15, 0.2) is 53.4 Å². The Morgan fingerprint density at radius 1 is 1.11 bits per heavy atom. The maximum Gasteiger partial charge on any atom is 0.255 e. The molecule has 2 aromatic rings. The summed E-state index contributed by atoms with van der Waals surface area (Å²) in [7, 11) is -0.732. The molecule has 0 atom stereocenters. The molecule has 7 nitrogen and oxygen atoms in total. The predicted octanol–water partition coefficient (Wildman–Crippen LogP) is 2.32. The van der Waals surface area contributed by atoms with Gasteiger partial charge in [-0.1, -0.05) is 6.07 Å². The molecule has 0 radical (unpaired) electrons. The number of anilines is 2. The summed E-state index contributed by atoms with van der Waals surface area (Å²) in [6.07, 6.45) is 1.41. The number of hydrogen-bond acceptors (Lipinski definition) is 4. The standard InChI is InChI=1S/C19H21N3O4S/c1-21(2)27(25,26)17-6-3-5-14(13-17)19(24)20-15-8-10-16(11-9-15)22-12-4-7-18(22)23/h3,5-6,8-11,13H,4,7,12H2,1-2H3,(H,20,24). The van der Waals surface area contributed by atoms with E-state index in [1.54, 1.807) is 35.2 Å². The number of sulfonamides is 1. The van der Waals surface area contributed by atoms with E-state index in [1.807, 2.05) is 0 Å². The molecular formula is C19H21N3O4S. The Balaban J connectivity index is 1.75. The zero-order valence-electron chi connectivity index (χ0n) is 15.2. The quantitative estimate of drug-likeness (QED) is 0.853. The molecular weight excluding hydrogens is 366 g/mol. The second kappa shape index (κ2) is 7.50. The average Bonchev–Trinajstić information content (AvgIpc) is 3.08. The van der Waals surface area contributed by atoms with Crippen molar-refractivity contribution in [1.82, 2.24) is 4.31 Å². The molecule has 1 saturated heterocycles. The van der Waals surface area contributed by atoms with Gasteiger partial charge >= 0.3 is 0 Å². The van der Waals surface area contributed by atoms with E-state index in [4.69, 9.17) is 0 Å². The molecule has 2 amide bonds. The first-order valence-corrected chi connectivity index (χ1v) is 9.97. The Labute approximate surface area is 158 Å². The normalized spacial score (nSPS) is 14.6. The molecule has 1 aliphatic heterocycles. The second-order valence-electron chi connectivity index (χ2n) is 6.47. The zero-order valence-corrected chi connectivity index (χ0v) is 16.0. The minimum absolute atomic E-state index is 0.0584. The fourth-order valence-corrected chi connectivity index (χ4v) is 3.81. The highest BCUT2D eigenvalue weighted by atomic mass is 32.2. The number of rotatable bonds is 5. The van der Waals surface area contributed by atoms with Crippen LogP contribution in [0.25, 0.3) is 0 Å². The van der Waals surface area contributed by atoms with E-state index in [1.165, 1.54) is 32.3 Å². The summed E-state index contributed by atoms with van der Waals surface area (Å²) in [5.74, 6) is -0.304. The molecule has 142 valence electrons. The third-order valence-corrected chi connectivity index (χ3v) is 6.20. The molecule has 0 aromatic heterocycles. The van der Waals surface area contributed by atoms with Gasteiger partial charge in [-0.15, -0.1) is 0 Å². The van der Waals surface area contributed by atoms with E-state index in [0.29, 0.717) is 18.7 Å². The fraction of sp³-hybridized carbons (Fsp3) is 0.263. The Morgan fingerprint density at radius 2 is 1.81 bits per heavy atom. The van der Waals surface area contributed by atoms with Gasteiger partial charge in [0.05, 0.1) is 4.90 Å². The summed E-state index contributed by atoms with van der Waals surface area (Å²) in [4.78, 5) is 26.0. The lowest BCUT2D eigenvalue weighted by molar-refractivity contribution is -0.117. The fourth-order valence-electron chi connectivity index (χ4n) is 2.86. The molecule has 1 heterocycles. The van der Waals surface area contributed by atoms with Crippen LogP contribution in [-0.4, -0.2) is 45.2 Å². The lowest BCUT2D eigenvalue weighted by Gasteiger charge is -2.16. The minimum Gasteiger partial charge on any atom is -0.322 e. The molecule has 0 aliphatic carbocycles. The van der Waals surface area contributed by atoms with E-state index < -0.39 is 15.9 Å². The van der Waals surface area contributed by atoms with Crippen LogP contribution in [-0.2, 0) is 14.8 Å². The van der Waals surface area contributed by atoms with E-state index in [2.05, 4.69) is 5.32 Å². The van der Waals surface area contributed by atoms with Crippen LogP contribution in [0.2, 0.25) is 0 Å². The lowest BCUT2D eigenvalue weighted by atomic mass is 10.2. The summed E-state index contributed by atoms with van der Waals surface area (Å²) in [5, 5.41) is 2.74. The van der Waals surface area contributed by atoms with Crippen LogP contribution < -0.4 is 10.2 Å². The van der Waals surface area contributed by atoms with Crippen LogP contribution >= 0.6 is 0 Å². The van der Waals surface area contributed by atoms with Gasteiger partial charge < -0.3 is 10.2 Å². The highest BCUT2D eigenvalue weighted by Crippen LogP contribution is 2.23. The molecule has 1 fully saturated rings. The third kappa shape index (κ3) is 4.01. The van der Waals surface area contributed by atoms with Gasteiger partial charge in [-0.3, -0.25) is 9.59 Å². The number of carbonyl (C=O) groups is 2. The third-order valence-electron chi connectivity index (χ3n) is 4.39. The Bertz CT molecular complexity index is 969. The molecule has 1 aliphatic rings. The lowest BCUT2D eigenvalue weighted by Crippen LogP contribution is -2.23. The molecule has 2 aromatic carbocycles. The Morgan fingerprint density at radius 3 is 2.41 bits per heavy atom. The minimum atomic E-state index is -3.61. The van der Waals surface area contributed by atoms with Crippen molar-refractivity contribution in [3.8, 4) is 0 Å². The molecule has 0 bridgehead atoms. The molecule has 0 spiro atoms. The van der Waals surface area contributed by atoms with Gasteiger partial charge in [0.2, 0.25) is 15.9 Å². The maximum absolute atomic E-state index is 12.5. The summed E-state index contributed by atoms with van der Waals surface area (Å²) in [6, 6.07) is 12.9. The molecule has 3 rings (SSSR count). The van der Waals surface area contributed by atoms with Crippen LogP contribution in [0, 0.1) is 0 Å². The van der Waals surface area contributed by atoms with E-state index in [9.17, 15) is 18.0 Å². The molecule has 0 saturated carbocycles. The van der Waals surface area contributed by atoms with Gasteiger partial charge in [0.25, 0.3) is 5.91 Å². The number of nitrogens with one attached hydrogen (secondary N) is 1. The summed E-state index contributed by atoms with van der Waals surface area (Å²) >= 11 is 0. The number of benzene rings is 2. The number of carbonyl (C=O) groups excluding carboxylic acids is 2. The maximum atomic E-state index is 12.5. The largest absolute Gasteiger partial charge is 0.322 e. The smallest absolute Gasteiger partial charge is 0.255 e. The van der Waals surface area contributed by atoms with E-state index >= 15 is 0 Å². The summed E-state index contributed by atoms with van der Waals surface area (Å²) < 4.78 is 25.5. The van der Waals surface area contributed by atoms with E-state index in [0.717, 1.165) is 16.4 Å². The van der Waals surface area contributed by atoms with Gasteiger partial charge in [0, 0.05) is 44.0 Å². The van der Waals surface area contributed by atoms with Gasteiger partial charge in [0.1, 0.15) is 0 Å². The van der Waals surface area contributed by atoms with Crippen molar-refractivity contribution < 1.29 is 18.0 Å². The molecule has 8 heteroatoms. The van der Waals surface area contributed by atoms with Crippen molar-refractivity contribution in [3.63, 3.8) is 0 Å². The number of amides is 2. The van der Waals surface area contributed by atoms with Crippen LogP contribution in [0.1, 0.15) is 23.2 Å². The van der Waals surface area contributed by atoms with E-state index in [-0.39, 0.29) is 16.4 Å². The number of nitrogens with zero attached hydrogens (tertiary/aromatic N) is 2. The summed E-state index contributed by atoms with van der Waals surface area (Å²) in [5.41, 5.74) is 1.61. The van der Waals surface area contributed by atoms with Crippen LogP contribution in [0.4, 0.5) is 11.4 Å². The molecule has 1 N–H and O–H groups in total. The van der Waals surface area contributed by atoms with Gasteiger partial charge in [-0.2, -0.15) is 0 Å². The van der Waals surface area contributed by atoms with Crippen LogP contribution in [0.3, 0.4) is 0 Å². The van der Waals surface area contributed by atoms with Gasteiger partial charge in [0.15, 0.2) is 0 Å².